The zero-order valence-electron chi connectivity index (χ0n) is 8.34. The van der Waals surface area contributed by atoms with Gasteiger partial charge in [-0.3, -0.25) is 0 Å². The largest absolute Gasteiger partial charge is 0.396 e. The van der Waals surface area contributed by atoms with E-state index in [9.17, 15) is 0 Å². The minimum absolute atomic E-state index is 0.241. The summed E-state index contributed by atoms with van der Waals surface area (Å²) in [4.78, 5) is 0. The molecule has 3 nitrogen and oxygen atoms in total. The van der Waals surface area contributed by atoms with Crippen LogP contribution in [0.3, 0.4) is 0 Å². The maximum Gasteiger partial charge on any atom is 0.0594 e. The molecule has 0 aliphatic carbocycles. The molecule has 0 aromatic rings. The average Bonchev–Trinajstić information content (AvgIpc) is 2.05. The molecule has 0 aromatic carbocycles. The van der Waals surface area contributed by atoms with Gasteiger partial charge in [-0.2, -0.15) is 0 Å². The van der Waals surface area contributed by atoms with Crippen molar-refractivity contribution in [2.75, 3.05) is 26.8 Å². The molecular weight excluding hydrogens is 154 g/mol. The van der Waals surface area contributed by atoms with E-state index >= 15 is 0 Å². The van der Waals surface area contributed by atoms with Gasteiger partial charge in [0.1, 0.15) is 0 Å². The minimum Gasteiger partial charge on any atom is -0.396 e. The van der Waals surface area contributed by atoms with Gasteiger partial charge in [-0.05, 0) is 26.3 Å². The third-order valence-corrected chi connectivity index (χ3v) is 2.12. The molecule has 0 spiro atoms. The molecule has 0 saturated heterocycles. The fourth-order valence-corrected chi connectivity index (χ4v) is 0.949. The van der Waals surface area contributed by atoms with Crippen LogP contribution in [-0.4, -0.2) is 38.0 Å². The SMILES string of the molecule is CNCCOC(C)C(C)CCO. The van der Waals surface area contributed by atoms with E-state index in [-0.39, 0.29) is 12.7 Å². The van der Waals surface area contributed by atoms with Gasteiger partial charge in [-0.15, -0.1) is 0 Å². The first-order valence-electron chi connectivity index (χ1n) is 4.59. The smallest absolute Gasteiger partial charge is 0.0594 e. The van der Waals surface area contributed by atoms with Gasteiger partial charge in [-0.1, -0.05) is 6.92 Å². The van der Waals surface area contributed by atoms with Crippen LogP contribution in [0.4, 0.5) is 0 Å². The van der Waals surface area contributed by atoms with E-state index < -0.39 is 0 Å². The van der Waals surface area contributed by atoms with Gasteiger partial charge in [-0.25, -0.2) is 0 Å². The van der Waals surface area contributed by atoms with Gasteiger partial charge < -0.3 is 15.2 Å². The second-order valence-corrected chi connectivity index (χ2v) is 3.17. The van der Waals surface area contributed by atoms with Crippen molar-refractivity contribution in [1.82, 2.24) is 5.32 Å². The summed E-state index contributed by atoms with van der Waals surface area (Å²) in [6.45, 7) is 6.03. The molecule has 2 atom stereocenters. The van der Waals surface area contributed by atoms with Crippen LogP contribution in [-0.2, 0) is 4.74 Å². The number of nitrogens with one attached hydrogen (secondary N) is 1. The summed E-state index contributed by atoms with van der Waals surface area (Å²) >= 11 is 0. The predicted octanol–water partition coefficient (Wildman–Crippen LogP) is 0.629. The molecule has 3 heteroatoms. The molecule has 0 amide bonds. The first kappa shape index (κ1) is 11.9. The standard InChI is InChI=1S/C9H21NO2/c1-8(4-6-11)9(2)12-7-5-10-3/h8-11H,4-7H2,1-3H3. The monoisotopic (exact) mass is 175 g/mol. The van der Waals surface area contributed by atoms with Crippen molar-refractivity contribution in [3.05, 3.63) is 0 Å². The Bertz CT molecular complexity index is 98.5. The number of likely N-dealkylation sites (N-methyl/N-ethyl adjacent to an activating group) is 1. The zero-order chi connectivity index (χ0) is 9.40. The number of aliphatic hydroxyl groups excluding tert-OH is 1. The second kappa shape index (κ2) is 7.53. The molecule has 0 fully saturated rings. The van der Waals surface area contributed by atoms with Crippen molar-refractivity contribution < 1.29 is 9.84 Å². The highest BCUT2D eigenvalue weighted by Crippen LogP contribution is 2.10. The first-order valence-corrected chi connectivity index (χ1v) is 4.59. The predicted molar refractivity (Wildman–Crippen MR) is 50.2 cm³/mol. The Balaban J connectivity index is 3.35. The van der Waals surface area contributed by atoms with E-state index in [1.165, 1.54) is 0 Å². The number of hydrogen-bond acceptors (Lipinski definition) is 3. The van der Waals surface area contributed by atoms with Crippen LogP contribution < -0.4 is 5.32 Å². The van der Waals surface area contributed by atoms with E-state index in [4.69, 9.17) is 9.84 Å². The maximum absolute atomic E-state index is 8.69. The Morgan fingerprint density at radius 2 is 2.08 bits per heavy atom. The maximum atomic E-state index is 8.69. The molecule has 0 aliphatic heterocycles. The van der Waals surface area contributed by atoms with Crippen LogP contribution in [0, 0.1) is 5.92 Å². The number of aliphatic hydroxyl groups is 1. The first-order chi connectivity index (χ1) is 5.72. The van der Waals surface area contributed by atoms with Crippen molar-refractivity contribution >= 4 is 0 Å². The van der Waals surface area contributed by atoms with E-state index in [0.717, 1.165) is 19.6 Å². The molecule has 0 saturated carbocycles. The lowest BCUT2D eigenvalue weighted by Gasteiger charge is -2.19. The topological polar surface area (TPSA) is 41.5 Å². The lowest BCUT2D eigenvalue weighted by atomic mass is 10.0. The molecule has 2 unspecified atom stereocenters. The molecule has 74 valence electrons. The molecule has 12 heavy (non-hydrogen) atoms. The summed E-state index contributed by atoms with van der Waals surface area (Å²) < 4.78 is 5.52. The van der Waals surface area contributed by atoms with E-state index in [0.29, 0.717) is 5.92 Å². The highest BCUT2D eigenvalue weighted by atomic mass is 16.5. The Kier molecular flexibility index (Phi) is 7.45. The van der Waals surface area contributed by atoms with Crippen LogP contribution in [0.5, 0.6) is 0 Å². The Morgan fingerprint density at radius 1 is 1.42 bits per heavy atom. The Morgan fingerprint density at radius 3 is 2.58 bits per heavy atom. The molecule has 0 heterocycles. The Hall–Kier alpha value is -0.120. The minimum atomic E-state index is 0.241. The van der Waals surface area contributed by atoms with Gasteiger partial charge in [0.2, 0.25) is 0 Å². The molecule has 0 rings (SSSR count). The van der Waals surface area contributed by atoms with E-state index in [1.54, 1.807) is 0 Å². The van der Waals surface area contributed by atoms with Crippen molar-refractivity contribution in [3.8, 4) is 0 Å². The van der Waals surface area contributed by atoms with Gasteiger partial charge in [0.25, 0.3) is 0 Å². The van der Waals surface area contributed by atoms with Gasteiger partial charge in [0.05, 0.1) is 12.7 Å². The van der Waals surface area contributed by atoms with Gasteiger partial charge >= 0.3 is 0 Å². The summed E-state index contributed by atoms with van der Waals surface area (Å²) in [6.07, 6.45) is 1.06. The summed E-state index contributed by atoms with van der Waals surface area (Å²) in [5.41, 5.74) is 0. The van der Waals surface area contributed by atoms with Crippen LogP contribution in [0.15, 0.2) is 0 Å². The summed E-state index contributed by atoms with van der Waals surface area (Å²) in [7, 11) is 1.91. The highest BCUT2D eigenvalue weighted by molar-refractivity contribution is 4.60. The second-order valence-electron chi connectivity index (χ2n) is 3.17. The lowest BCUT2D eigenvalue weighted by Crippen LogP contribution is -2.23. The molecule has 0 radical (unpaired) electrons. The fraction of sp³-hybridized carbons (Fsp3) is 1.00. The number of rotatable bonds is 7. The third-order valence-electron chi connectivity index (χ3n) is 2.12. The van der Waals surface area contributed by atoms with Gasteiger partial charge in [0.15, 0.2) is 0 Å². The third kappa shape index (κ3) is 5.52. The Labute approximate surface area is 75.1 Å². The van der Waals surface area contributed by atoms with Crippen LogP contribution in [0.1, 0.15) is 20.3 Å². The molecule has 0 aliphatic rings. The molecule has 0 bridgehead atoms. The zero-order valence-corrected chi connectivity index (χ0v) is 8.34. The lowest BCUT2D eigenvalue weighted by molar-refractivity contribution is 0.0252. The van der Waals surface area contributed by atoms with Crippen LogP contribution >= 0.6 is 0 Å². The highest BCUT2D eigenvalue weighted by Gasteiger charge is 2.10. The van der Waals surface area contributed by atoms with E-state index in [2.05, 4.69) is 19.2 Å². The molecule has 2 N–H and O–H groups in total. The summed E-state index contributed by atoms with van der Waals surface area (Å²) in [5.74, 6) is 0.437. The van der Waals surface area contributed by atoms with Crippen LogP contribution in [0.2, 0.25) is 0 Å². The van der Waals surface area contributed by atoms with Crippen molar-refractivity contribution in [1.29, 1.82) is 0 Å². The quantitative estimate of drug-likeness (QED) is 0.558. The fourth-order valence-electron chi connectivity index (χ4n) is 0.949. The van der Waals surface area contributed by atoms with Gasteiger partial charge in [0, 0.05) is 13.2 Å². The molecular formula is C9H21NO2. The number of ether oxygens (including phenoxy) is 1. The van der Waals surface area contributed by atoms with Crippen LogP contribution in [0.25, 0.3) is 0 Å². The number of hydrogen-bond donors (Lipinski definition) is 2. The summed E-state index contributed by atoms with van der Waals surface area (Å²) in [5, 5.41) is 11.7. The van der Waals surface area contributed by atoms with E-state index in [1.807, 2.05) is 7.05 Å². The van der Waals surface area contributed by atoms with Crippen molar-refractivity contribution in [2.24, 2.45) is 5.92 Å². The van der Waals surface area contributed by atoms with Crippen molar-refractivity contribution in [3.63, 3.8) is 0 Å². The summed E-state index contributed by atoms with van der Waals surface area (Å²) in [6, 6.07) is 0. The normalized spacial score (nSPS) is 16.0. The van der Waals surface area contributed by atoms with Crippen molar-refractivity contribution in [2.45, 2.75) is 26.4 Å². The average molecular weight is 175 g/mol. The molecule has 0 aromatic heterocycles.